The Labute approximate surface area is 158 Å². The smallest absolute Gasteiger partial charge is 0.0964 e. The third kappa shape index (κ3) is 7.72. The number of nitrogens with one attached hydrogen (secondary N) is 1. The maximum Gasteiger partial charge on any atom is 0.0964 e. The van der Waals surface area contributed by atoms with E-state index in [1.54, 1.807) is 0 Å². The molecular formula is C20H38N4O2. The summed E-state index contributed by atoms with van der Waals surface area (Å²) in [6.07, 6.45) is 15.9. The van der Waals surface area contributed by atoms with Crippen molar-refractivity contribution in [2.75, 3.05) is 6.54 Å². The van der Waals surface area contributed by atoms with E-state index < -0.39 is 12.2 Å². The molecule has 1 aliphatic heterocycles. The fraction of sp³-hybridized carbons (Fsp3) is 0.900. The highest BCUT2D eigenvalue weighted by atomic mass is 16.3. The number of aliphatic hydroxyl groups excluding tert-OH is 2. The number of hydrogen-bond donors (Lipinski definition) is 3. The summed E-state index contributed by atoms with van der Waals surface area (Å²) in [6, 6.07) is -0.0559. The Morgan fingerprint density at radius 1 is 1.04 bits per heavy atom. The van der Waals surface area contributed by atoms with E-state index >= 15 is 0 Å². The summed E-state index contributed by atoms with van der Waals surface area (Å²) >= 11 is 0. The van der Waals surface area contributed by atoms with Gasteiger partial charge in [0.25, 0.3) is 0 Å². The van der Waals surface area contributed by atoms with Crippen molar-refractivity contribution in [2.24, 2.45) is 0 Å². The number of aliphatic hydroxyl groups is 2. The lowest BCUT2D eigenvalue weighted by atomic mass is 10.1. The Balaban J connectivity index is 1.48. The minimum Gasteiger partial charge on any atom is -0.389 e. The van der Waals surface area contributed by atoms with Gasteiger partial charge in [-0.2, -0.15) is 0 Å². The zero-order valence-corrected chi connectivity index (χ0v) is 16.4. The zero-order valence-electron chi connectivity index (χ0n) is 16.4. The third-order valence-corrected chi connectivity index (χ3v) is 5.44. The molecule has 1 saturated heterocycles. The number of β-amino-alcohol motifs (C(OH)–C–C–N with tert-alkyl or cyclic N) is 1. The van der Waals surface area contributed by atoms with Crippen LogP contribution in [0.4, 0.5) is 0 Å². The van der Waals surface area contributed by atoms with Crippen LogP contribution < -0.4 is 5.32 Å². The molecule has 2 rings (SSSR count). The SMILES string of the molecule is CCCCCCCCCCCCc1cn(CC[C@H]2NC[C@@H](O)[C@H]2O)nn1. The predicted octanol–water partition coefficient (Wildman–Crippen LogP) is 2.83. The molecular weight excluding hydrogens is 328 g/mol. The van der Waals surface area contributed by atoms with Gasteiger partial charge in [0.2, 0.25) is 0 Å². The summed E-state index contributed by atoms with van der Waals surface area (Å²) in [4.78, 5) is 0. The van der Waals surface area contributed by atoms with Crippen molar-refractivity contribution in [1.29, 1.82) is 0 Å². The molecule has 1 aromatic rings. The molecule has 1 aromatic heterocycles. The van der Waals surface area contributed by atoms with Crippen LogP contribution in [0.3, 0.4) is 0 Å². The second kappa shape index (κ2) is 12.4. The lowest BCUT2D eigenvalue weighted by Gasteiger charge is -2.15. The first-order chi connectivity index (χ1) is 12.7. The highest BCUT2D eigenvalue weighted by molar-refractivity contribution is 4.93. The minimum atomic E-state index is -0.676. The highest BCUT2D eigenvalue weighted by Crippen LogP contribution is 2.13. The monoisotopic (exact) mass is 366 g/mol. The second-order valence-corrected chi connectivity index (χ2v) is 7.77. The van der Waals surface area contributed by atoms with E-state index in [1.807, 2.05) is 10.9 Å². The van der Waals surface area contributed by atoms with Gasteiger partial charge in [0, 0.05) is 25.3 Å². The van der Waals surface area contributed by atoms with Crippen LogP contribution >= 0.6 is 0 Å². The number of hydrogen-bond acceptors (Lipinski definition) is 5. The molecule has 3 atom stereocenters. The fourth-order valence-electron chi connectivity index (χ4n) is 3.68. The number of nitrogens with zero attached hydrogens (tertiary/aromatic N) is 3. The molecule has 0 radical (unpaired) electrons. The molecule has 6 heteroatoms. The van der Waals surface area contributed by atoms with Gasteiger partial charge in [-0.1, -0.05) is 69.9 Å². The van der Waals surface area contributed by atoms with Crippen molar-refractivity contribution in [1.82, 2.24) is 20.3 Å². The predicted molar refractivity (Wildman–Crippen MR) is 104 cm³/mol. The molecule has 0 bridgehead atoms. The average molecular weight is 367 g/mol. The zero-order chi connectivity index (χ0) is 18.6. The lowest BCUT2D eigenvalue weighted by Crippen LogP contribution is -2.33. The fourth-order valence-corrected chi connectivity index (χ4v) is 3.68. The summed E-state index contributed by atoms with van der Waals surface area (Å²) in [5.74, 6) is 0. The van der Waals surface area contributed by atoms with Gasteiger partial charge in [0.05, 0.1) is 17.9 Å². The summed E-state index contributed by atoms with van der Waals surface area (Å²) < 4.78 is 1.85. The first kappa shape index (κ1) is 21.3. The molecule has 0 aromatic carbocycles. The molecule has 26 heavy (non-hydrogen) atoms. The third-order valence-electron chi connectivity index (χ3n) is 5.44. The Kier molecular flexibility index (Phi) is 10.2. The van der Waals surface area contributed by atoms with E-state index in [0.29, 0.717) is 13.1 Å². The molecule has 3 N–H and O–H groups in total. The Morgan fingerprint density at radius 3 is 2.31 bits per heavy atom. The van der Waals surface area contributed by atoms with E-state index in [4.69, 9.17) is 0 Å². The lowest BCUT2D eigenvalue weighted by molar-refractivity contribution is 0.0384. The van der Waals surface area contributed by atoms with Gasteiger partial charge in [-0.25, -0.2) is 0 Å². The van der Waals surface area contributed by atoms with Gasteiger partial charge in [-0.15, -0.1) is 5.10 Å². The van der Waals surface area contributed by atoms with Crippen molar-refractivity contribution in [3.63, 3.8) is 0 Å². The molecule has 0 unspecified atom stereocenters. The van der Waals surface area contributed by atoms with E-state index in [-0.39, 0.29) is 6.04 Å². The molecule has 0 aliphatic carbocycles. The second-order valence-electron chi connectivity index (χ2n) is 7.77. The Morgan fingerprint density at radius 2 is 1.69 bits per heavy atom. The van der Waals surface area contributed by atoms with Crippen molar-refractivity contribution in [3.05, 3.63) is 11.9 Å². The van der Waals surface area contributed by atoms with E-state index in [1.165, 1.54) is 64.2 Å². The minimum absolute atomic E-state index is 0.0559. The quantitative estimate of drug-likeness (QED) is 0.441. The first-order valence-electron chi connectivity index (χ1n) is 10.7. The van der Waals surface area contributed by atoms with Crippen LogP contribution in [-0.2, 0) is 13.0 Å². The van der Waals surface area contributed by atoms with E-state index in [9.17, 15) is 10.2 Å². The number of aromatic nitrogens is 3. The van der Waals surface area contributed by atoms with Gasteiger partial charge in [-0.3, -0.25) is 4.68 Å². The van der Waals surface area contributed by atoms with Crippen LogP contribution in [0, 0.1) is 0 Å². The standard InChI is InChI=1S/C20H38N4O2/c1-2-3-4-5-6-7-8-9-10-11-12-17-16-24(23-22-17)14-13-18-20(26)19(25)15-21-18/h16,18-21,25-26H,2-15H2,1H3/t18-,19-,20+/m1/s1. The summed E-state index contributed by atoms with van der Waals surface area (Å²) in [7, 11) is 0. The number of aryl methyl sites for hydroxylation is 2. The average Bonchev–Trinajstić information content (AvgIpc) is 3.22. The van der Waals surface area contributed by atoms with Crippen LogP contribution in [0.5, 0.6) is 0 Å². The number of rotatable bonds is 14. The van der Waals surface area contributed by atoms with E-state index in [0.717, 1.165) is 18.5 Å². The van der Waals surface area contributed by atoms with Gasteiger partial charge < -0.3 is 15.5 Å². The van der Waals surface area contributed by atoms with Crippen LogP contribution in [0.15, 0.2) is 6.20 Å². The van der Waals surface area contributed by atoms with E-state index in [2.05, 4.69) is 22.6 Å². The number of unbranched alkanes of at least 4 members (excludes halogenated alkanes) is 9. The Bertz CT molecular complexity index is 480. The molecule has 6 nitrogen and oxygen atoms in total. The van der Waals surface area contributed by atoms with Gasteiger partial charge in [0.1, 0.15) is 0 Å². The van der Waals surface area contributed by atoms with Crippen LogP contribution in [-0.4, -0.2) is 50.0 Å². The van der Waals surface area contributed by atoms with Gasteiger partial charge in [0.15, 0.2) is 0 Å². The maximum absolute atomic E-state index is 9.84. The van der Waals surface area contributed by atoms with Crippen molar-refractivity contribution in [3.8, 4) is 0 Å². The van der Waals surface area contributed by atoms with Crippen LogP contribution in [0.1, 0.15) is 83.2 Å². The molecule has 1 fully saturated rings. The van der Waals surface area contributed by atoms with Crippen molar-refractivity contribution < 1.29 is 10.2 Å². The normalized spacial score (nSPS) is 23.0. The Hall–Kier alpha value is -0.980. The van der Waals surface area contributed by atoms with Crippen molar-refractivity contribution >= 4 is 0 Å². The molecule has 0 amide bonds. The van der Waals surface area contributed by atoms with Crippen LogP contribution in [0.25, 0.3) is 0 Å². The summed E-state index contributed by atoms with van der Waals surface area (Å²) in [5.41, 5.74) is 1.06. The van der Waals surface area contributed by atoms with Crippen LogP contribution in [0.2, 0.25) is 0 Å². The summed E-state index contributed by atoms with van der Waals surface area (Å²) in [6.45, 7) is 3.45. The molecule has 0 spiro atoms. The summed E-state index contributed by atoms with van der Waals surface area (Å²) in [5, 5.41) is 31.0. The van der Waals surface area contributed by atoms with Crippen molar-refractivity contribution in [2.45, 2.75) is 109 Å². The highest BCUT2D eigenvalue weighted by Gasteiger charge is 2.32. The maximum atomic E-state index is 9.84. The topological polar surface area (TPSA) is 83.2 Å². The van der Waals surface area contributed by atoms with Gasteiger partial charge >= 0.3 is 0 Å². The first-order valence-corrected chi connectivity index (χ1v) is 10.7. The van der Waals surface area contributed by atoms with Gasteiger partial charge in [-0.05, 0) is 19.3 Å². The molecule has 1 aliphatic rings. The molecule has 0 saturated carbocycles. The largest absolute Gasteiger partial charge is 0.389 e. The molecule has 150 valence electrons. The molecule has 2 heterocycles.